The summed E-state index contributed by atoms with van der Waals surface area (Å²) in [4.78, 5) is 2.65. The Morgan fingerprint density at radius 1 is 1.44 bits per heavy atom. The quantitative estimate of drug-likeness (QED) is 0.786. The minimum atomic E-state index is 0.421. The van der Waals surface area contributed by atoms with Gasteiger partial charge in [0.25, 0.3) is 0 Å². The Labute approximate surface area is 99.5 Å². The minimum absolute atomic E-state index is 0.421. The standard InChI is InChI=1S/C13H26N2O/c1-3-13-10-16-11(2)9-15(13)7-5-12-4-6-14-8-12/h11-14H,3-10H2,1-2H3. The van der Waals surface area contributed by atoms with Gasteiger partial charge in [-0.1, -0.05) is 6.92 Å². The van der Waals surface area contributed by atoms with Crippen molar-refractivity contribution >= 4 is 0 Å². The van der Waals surface area contributed by atoms with Crippen molar-refractivity contribution in [2.75, 3.05) is 32.8 Å². The lowest BCUT2D eigenvalue weighted by molar-refractivity contribution is -0.0570. The lowest BCUT2D eigenvalue weighted by Crippen LogP contribution is -2.49. The van der Waals surface area contributed by atoms with Crippen molar-refractivity contribution < 1.29 is 4.74 Å². The summed E-state index contributed by atoms with van der Waals surface area (Å²) in [7, 11) is 0. The van der Waals surface area contributed by atoms with Crippen molar-refractivity contribution in [3.63, 3.8) is 0 Å². The Balaban J connectivity index is 1.76. The topological polar surface area (TPSA) is 24.5 Å². The van der Waals surface area contributed by atoms with E-state index in [0.29, 0.717) is 12.1 Å². The highest BCUT2D eigenvalue weighted by Gasteiger charge is 2.26. The summed E-state index contributed by atoms with van der Waals surface area (Å²) in [6.07, 6.45) is 4.37. The summed E-state index contributed by atoms with van der Waals surface area (Å²) in [5, 5.41) is 3.45. The highest BCUT2D eigenvalue weighted by molar-refractivity contribution is 4.80. The lowest BCUT2D eigenvalue weighted by atomic mass is 10.0. The number of nitrogens with one attached hydrogen (secondary N) is 1. The van der Waals surface area contributed by atoms with Crippen molar-refractivity contribution in [1.29, 1.82) is 0 Å². The van der Waals surface area contributed by atoms with Crippen molar-refractivity contribution in [1.82, 2.24) is 10.2 Å². The molecule has 0 radical (unpaired) electrons. The number of hydrogen-bond donors (Lipinski definition) is 1. The van der Waals surface area contributed by atoms with E-state index in [-0.39, 0.29) is 0 Å². The molecule has 0 aromatic carbocycles. The normalized spacial score (nSPS) is 36.8. The van der Waals surface area contributed by atoms with Gasteiger partial charge in [0.15, 0.2) is 0 Å². The molecule has 0 aromatic heterocycles. The molecule has 3 atom stereocenters. The largest absolute Gasteiger partial charge is 0.376 e. The maximum Gasteiger partial charge on any atom is 0.0674 e. The Morgan fingerprint density at radius 3 is 3.00 bits per heavy atom. The van der Waals surface area contributed by atoms with Crippen LogP contribution in [0.5, 0.6) is 0 Å². The number of ether oxygens (including phenoxy) is 1. The molecule has 16 heavy (non-hydrogen) atoms. The second-order valence-electron chi connectivity index (χ2n) is 5.35. The maximum absolute atomic E-state index is 5.73. The zero-order chi connectivity index (χ0) is 11.4. The zero-order valence-corrected chi connectivity index (χ0v) is 10.7. The molecular weight excluding hydrogens is 200 g/mol. The van der Waals surface area contributed by atoms with Crippen molar-refractivity contribution in [2.24, 2.45) is 5.92 Å². The molecule has 2 heterocycles. The van der Waals surface area contributed by atoms with E-state index < -0.39 is 0 Å². The van der Waals surface area contributed by atoms with Gasteiger partial charge >= 0.3 is 0 Å². The Bertz CT molecular complexity index is 204. The first kappa shape index (κ1) is 12.3. The van der Waals surface area contributed by atoms with Crippen molar-refractivity contribution in [3.05, 3.63) is 0 Å². The van der Waals surface area contributed by atoms with Gasteiger partial charge in [0.05, 0.1) is 12.7 Å². The predicted octanol–water partition coefficient (Wildman–Crippen LogP) is 1.49. The summed E-state index contributed by atoms with van der Waals surface area (Å²) in [6, 6.07) is 0.658. The molecule has 94 valence electrons. The van der Waals surface area contributed by atoms with E-state index in [4.69, 9.17) is 4.74 Å². The SMILES string of the molecule is CCC1COC(C)CN1CCC1CCNC1. The van der Waals surface area contributed by atoms with Crippen LogP contribution in [-0.2, 0) is 4.74 Å². The van der Waals surface area contributed by atoms with Gasteiger partial charge < -0.3 is 10.1 Å². The van der Waals surface area contributed by atoms with E-state index in [1.807, 2.05) is 0 Å². The highest BCUT2D eigenvalue weighted by Crippen LogP contribution is 2.18. The van der Waals surface area contributed by atoms with Gasteiger partial charge in [0, 0.05) is 12.6 Å². The van der Waals surface area contributed by atoms with Crippen LogP contribution in [0.1, 0.15) is 33.1 Å². The van der Waals surface area contributed by atoms with Crippen LogP contribution in [-0.4, -0.2) is 49.8 Å². The smallest absolute Gasteiger partial charge is 0.0674 e. The van der Waals surface area contributed by atoms with Crippen molar-refractivity contribution in [2.45, 2.75) is 45.3 Å². The molecule has 3 heteroatoms. The molecule has 2 fully saturated rings. The average Bonchev–Trinajstić information content (AvgIpc) is 2.79. The van der Waals surface area contributed by atoms with Gasteiger partial charge in [0.2, 0.25) is 0 Å². The van der Waals surface area contributed by atoms with Crippen LogP contribution in [0.3, 0.4) is 0 Å². The fourth-order valence-electron chi connectivity index (χ4n) is 2.87. The van der Waals surface area contributed by atoms with Crippen LogP contribution in [0.2, 0.25) is 0 Å². The fourth-order valence-corrected chi connectivity index (χ4v) is 2.87. The van der Waals surface area contributed by atoms with Crippen LogP contribution in [0.25, 0.3) is 0 Å². The van der Waals surface area contributed by atoms with E-state index in [9.17, 15) is 0 Å². The summed E-state index contributed by atoms with van der Waals surface area (Å²) >= 11 is 0. The van der Waals surface area contributed by atoms with Crippen LogP contribution in [0.4, 0.5) is 0 Å². The predicted molar refractivity (Wildman–Crippen MR) is 66.7 cm³/mol. The second kappa shape index (κ2) is 5.99. The molecule has 0 aliphatic carbocycles. The first-order valence-electron chi connectivity index (χ1n) is 6.86. The van der Waals surface area contributed by atoms with Gasteiger partial charge in [-0.2, -0.15) is 0 Å². The van der Waals surface area contributed by atoms with Crippen LogP contribution < -0.4 is 5.32 Å². The summed E-state index contributed by atoms with van der Waals surface area (Å²) in [5.74, 6) is 0.913. The maximum atomic E-state index is 5.73. The second-order valence-corrected chi connectivity index (χ2v) is 5.35. The van der Waals surface area contributed by atoms with E-state index in [0.717, 1.165) is 19.1 Å². The molecule has 0 bridgehead atoms. The van der Waals surface area contributed by atoms with Gasteiger partial charge in [0.1, 0.15) is 0 Å². The first-order valence-corrected chi connectivity index (χ1v) is 6.86. The summed E-state index contributed by atoms with van der Waals surface area (Å²) in [6.45, 7) is 10.2. The number of morpholine rings is 1. The molecule has 2 aliphatic rings. The summed E-state index contributed by atoms with van der Waals surface area (Å²) < 4.78 is 5.73. The molecule has 1 N–H and O–H groups in total. The molecule has 2 saturated heterocycles. The van der Waals surface area contributed by atoms with E-state index >= 15 is 0 Å². The van der Waals surface area contributed by atoms with E-state index in [2.05, 4.69) is 24.1 Å². The van der Waals surface area contributed by atoms with Gasteiger partial charge in [-0.25, -0.2) is 0 Å². The van der Waals surface area contributed by atoms with Gasteiger partial charge in [-0.05, 0) is 51.7 Å². The lowest BCUT2D eigenvalue weighted by Gasteiger charge is -2.38. The molecule has 0 saturated carbocycles. The first-order chi connectivity index (χ1) is 7.79. The highest BCUT2D eigenvalue weighted by atomic mass is 16.5. The Morgan fingerprint density at radius 2 is 2.31 bits per heavy atom. The number of hydrogen-bond acceptors (Lipinski definition) is 3. The van der Waals surface area contributed by atoms with Gasteiger partial charge in [-0.3, -0.25) is 4.90 Å². The monoisotopic (exact) mass is 226 g/mol. The van der Waals surface area contributed by atoms with Crippen LogP contribution >= 0.6 is 0 Å². The molecule has 2 rings (SSSR count). The number of nitrogens with zero attached hydrogens (tertiary/aromatic N) is 1. The molecule has 2 aliphatic heterocycles. The third-order valence-electron chi connectivity index (χ3n) is 4.04. The van der Waals surface area contributed by atoms with Crippen molar-refractivity contribution in [3.8, 4) is 0 Å². The van der Waals surface area contributed by atoms with E-state index in [1.165, 1.54) is 38.9 Å². The Hall–Kier alpha value is -0.120. The molecule has 0 spiro atoms. The van der Waals surface area contributed by atoms with E-state index in [1.54, 1.807) is 0 Å². The third-order valence-corrected chi connectivity index (χ3v) is 4.04. The zero-order valence-electron chi connectivity index (χ0n) is 10.7. The molecule has 3 unspecified atom stereocenters. The summed E-state index contributed by atoms with van der Waals surface area (Å²) in [5.41, 5.74) is 0. The molecule has 3 nitrogen and oxygen atoms in total. The number of rotatable bonds is 4. The van der Waals surface area contributed by atoms with Crippen LogP contribution in [0, 0.1) is 5.92 Å². The Kier molecular flexibility index (Phi) is 4.62. The third kappa shape index (κ3) is 3.19. The van der Waals surface area contributed by atoms with Gasteiger partial charge in [-0.15, -0.1) is 0 Å². The average molecular weight is 226 g/mol. The molecule has 0 aromatic rings. The molecular formula is C13H26N2O. The molecule has 0 amide bonds. The fraction of sp³-hybridized carbons (Fsp3) is 1.00. The van der Waals surface area contributed by atoms with Crippen LogP contribution in [0.15, 0.2) is 0 Å². The minimum Gasteiger partial charge on any atom is -0.376 e.